The maximum atomic E-state index is 12.3. The molecule has 0 unspecified atom stereocenters. The lowest BCUT2D eigenvalue weighted by Gasteiger charge is -2.12. The zero-order valence-corrected chi connectivity index (χ0v) is 12.8. The molecule has 0 atom stereocenters. The molecule has 1 heterocycles. The molecule has 116 valence electrons. The summed E-state index contributed by atoms with van der Waals surface area (Å²) in [4.78, 5) is 16.3. The minimum Gasteiger partial charge on any atom is -0.507 e. The molecule has 22 heavy (non-hydrogen) atoms. The molecule has 0 saturated heterocycles. The Morgan fingerprint density at radius 2 is 2.23 bits per heavy atom. The maximum Gasteiger partial charge on any atom is 0.263 e. The van der Waals surface area contributed by atoms with E-state index in [4.69, 9.17) is 21.1 Å². The molecule has 0 aliphatic heterocycles. The van der Waals surface area contributed by atoms with Gasteiger partial charge in [0, 0.05) is 0 Å². The standard InChI is InChI=1S/C15H15ClN2O4/c1-3-22-12-6-4-5-11(19)13(12)14(20)18-9-7-10(16)15(21-2)17-8-9/h4-8,19H,3H2,1-2H3,(H,18,20). The van der Waals surface area contributed by atoms with Gasteiger partial charge in [-0.05, 0) is 25.1 Å². The van der Waals surface area contributed by atoms with E-state index in [2.05, 4.69) is 10.3 Å². The summed E-state index contributed by atoms with van der Waals surface area (Å²) in [6.07, 6.45) is 1.41. The predicted molar refractivity (Wildman–Crippen MR) is 83.0 cm³/mol. The monoisotopic (exact) mass is 322 g/mol. The van der Waals surface area contributed by atoms with Crippen molar-refractivity contribution in [1.29, 1.82) is 0 Å². The number of carbonyl (C=O) groups is 1. The van der Waals surface area contributed by atoms with Crippen LogP contribution in [-0.2, 0) is 0 Å². The van der Waals surface area contributed by atoms with E-state index in [1.807, 2.05) is 0 Å². The molecule has 1 aromatic carbocycles. The number of amides is 1. The number of ether oxygens (including phenoxy) is 2. The predicted octanol–water partition coefficient (Wildman–Crippen LogP) is 3.10. The van der Waals surface area contributed by atoms with Crippen LogP contribution in [0.3, 0.4) is 0 Å². The number of hydrogen-bond donors (Lipinski definition) is 2. The van der Waals surface area contributed by atoms with Gasteiger partial charge in [-0.25, -0.2) is 4.98 Å². The Morgan fingerprint density at radius 3 is 2.86 bits per heavy atom. The highest BCUT2D eigenvalue weighted by atomic mass is 35.5. The van der Waals surface area contributed by atoms with Crippen molar-refractivity contribution in [3.8, 4) is 17.4 Å². The van der Waals surface area contributed by atoms with Gasteiger partial charge >= 0.3 is 0 Å². The number of hydrogen-bond acceptors (Lipinski definition) is 5. The first-order chi connectivity index (χ1) is 10.6. The van der Waals surface area contributed by atoms with Gasteiger partial charge in [0.05, 0.1) is 25.6 Å². The van der Waals surface area contributed by atoms with Gasteiger partial charge in [0.25, 0.3) is 5.91 Å². The van der Waals surface area contributed by atoms with Crippen molar-refractivity contribution in [2.75, 3.05) is 19.0 Å². The van der Waals surface area contributed by atoms with E-state index in [9.17, 15) is 9.90 Å². The third kappa shape index (κ3) is 3.40. The summed E-state index contributed by atoms with van der Waals surface area (Å²) in [5.74, 6) is -0.134. The van der Waals surface area contributed by atoms with Crippen molar-refractivity contribution in [1.82, 2.24) is 4.98 Å². The number of phenols is 1. The summed E-state index contributed by atoms with van der Waals surface area (Å²) in [6, 6.07) is 6.13. The van der Waals surface area contributed by atoms with Crippen molar-refractivity contribution < 1.29 is 19.4 Å². The van der Waals surface area contributed by atoms with Crippen molar-refractivity contribution in [3.63, 3.8) is 0 Å². The van der Waals surface area contributed by atoms with Crippen LogP contribution in [0.15, 0.2) is 30.5 Å². The Hall–Kier alpha value is -2.47. The van der Waals surface area contributed by atoms with Crippen molar-refractivity contribution >= 4 is 23.2 Å². The second-order valence-corrected chi connectivity index (χ2v) is 4.66. The second-order valence-electron chi connectivity index (χ2n) is 4.25. The van der Waals surface area contributed by atoms with E-state index in [0.717, 1.165) is 0 Å². The zero-order valence-electron chi connectivity index (χ0n) is 12.1. The fraction of sp³-hybridized carbons (Fsp3) is 0.200. The van der Waals surface area contributed by atoms with Crippen molar-refractivity contribution in [2.24, 2.45) is 0 Å². The molecule has 0 aliphatic rings. The normalized spacial score (nSPS) is 10.1. The smallest absolute Gasteiger partial charge is 0.263 e. The van der Waals surface area contributed by atoms with Gasteiger partial charge < -0.3 is 19.9 Å². The van der Waals surface area contributed by atoms with Gasteiger partial charge in [-0.2, -0.15) is 0 Å². The van der Waals surface area contributed by atoms with E-state index in [1.165, 1.54) is 25.4 Å². The van der Waals surface area contributed by atoms with Gasteiger partial charge in [0.2, 0.25) is 5.88 Å². The molecular weight excluding hydrogens is 308 g/mol. The minimum atomic E-state index is -0.524. The molecule has 0 saturated carbocycles. The fourth-order valence-corrected chi connectivity index (χ4v) is 2.10. The Balaban J connectivity index is 2.28. The van der Waals surface area contributed by atoms with Gasteiger partial charge in [-0.1, -0.05) is 17.7 Å². The van der Waals surface area contributed by atoms with Crippen molar-refractivity contribution in [2.45, 2.75) is 6.92 Å². The number of carbonyl (C=O) groups excluding carboxylic acids is 1. The molecule has 0 spiro atoms. The molecule has 2 rings (SSSR count). The molecule has 0 aliphatic carbocycles. The topological polar surface area (TPSA) is 80.7 Å². The van der Waals surface area contributed by atoms with Gasteiger partial charge in [-0.15, -0.1) is 0 Å². The number of rotatable bonds is 5. The van der Waals surface area contributed by atoms with Gasteiger partial charge in [-0.3, -0.25) is 4.79 Å². The Morgan fingerprint density at radius 1 is 1.45 bits per heavy atom. The molecule has 7 heteroatoms. The third-order valence-electron chi connectivity index (χ3n) is 2.79. The van der Waals surface area contributed by atoms with Crippen LogP contribution in [-0.4, -0.2) is 29.7 Å². The van der Waals surface area contributed by atoms with Crippen LogP contribution in [0.2, 0.25) is 5.02 Å². The summed E-state index contributed by atoms with van der Waals surface area (Å²) in [5.41, 5.74) is 0.429. The molecule has 0 radical (unpaired) electrons. The lowest BCUT2D eigenvalue weighted by atomic mass is 10.1. The number of aromatic hydroxyl groups is 1. The number of aromatic nitrogens is 1. The van der Waals surface area contributed by atoms with E-state index >= 15 is 0 Å². The number of methoxy groups -OCH3 is 1. The number of pyridine rings is 1. The Labute approximate surface area is 132 Å². The van der Waals surface area contributed by atoms with Crippen molar-refractivity contribution in [3.05, 3.63) is 41.0 Å². The summed E-state index contributed by atoms with van der Waals surface area (Å²) in [5, 5.41) is 12.8. The van der Waals surface area contributed by atoms with Crippen LogP contribution in [0.25, 0.3) is 0 Å². The molecule has 6 nitrogen and oxygen atoms in total. The third-order valence-corrected chi connectivity index (χ3v) is 3.06. The molecule has 2 N–H and O–H groups in total. The van der Waals surface area contributed by atoms with Crippen LogP contribution in [0.1, 0.15) is 17.3 Å². The number of nitrogens with one attached hydrogen (secondary N) is 1. The number of phenolic OH excluding ortho intramolecular Hbond substituents is 1. The number of anilines is 1. The van der Waals surface area contributed by atoms with E-state index in [0.29, 0.717) is 18.0 Å². The van der Waals surface area contributed by atoms with Gasteiger partial charge in [0.15, 0.2) is 0 Å². The molecule has 1 aromatic heterocycles. The molecule has 1 amide bonds. The molecular formula is C15H15ClN2O4. The van der Waals surface area contributed by atoms with Crippen LogP contribution in [0.4, 0.5) is 5.69 Å². The first-order valence-corrected chi connectivity index (χ1v) is 6.90. The maximum absolute atomic E-state index is 12.3. The largest absolute Gasteiger partial charge is 0.507 e. The number of benzene rings is 1. The lowest BCUT2D eigenvalue weighted by Crippen LogP contribution is -2.14. The Bertz CT molecular complexity index is 691. The average Bonchev–Trinajstić information content (AvgIpc) is 2.47. The van der Waals surface area contributed by atoms with Gasteiger partial charge in [0.1, 0.15) is 22.1 Å². The highest BCUT2D eigenvalue weighted by Gasteiger charge is 2.18. The van der Waals surface area contributed by atoms with E-state index in [-0.39, 0.29) is 22.2 Å². The summed E-state index contributed by atoms with van der Waals surface area (Å²) in [7, 11) is 1.45. The SMILES string of the molecule is CCOc1cccc(O)c1C(=O)Nc1cnc(OC)c(Cl)c1. The minimum absolute atomic E-state index is 0.0521. The quantitative estimate of drug-likeness (QED) is 0.884. The molecule has 2 aromatic rings. The number of halogens is 1. The molecule has 0 fully saturated rings. The van der Waals surface area contributed by atoms with Crippen LogP contribution in [0.5, 0.6) is 17.4 Å². The van der Waals surface area contributed by atoms with E-state index in [1.54, 1.807) is 19.1 Å². The molecule has 0 bridgehead atoms. The van der Waals surface area contributed by atoms with E-state index < -0.39 is 5.91 Å². The number of nitrogens with zero attached hydrogens (tertiary/aromatic N) is 1. The van der Waals surface area contributed by atoms with Crippen LogP contribution in [0, 0.1) is 0 Å². The highest BCUT2D eigenvalue weighted by molar-refractivity contribution is 6.32. The first-order valence-electron chi connectivity index (χ1n) is 6.52. The highest BCUT2D eigenvalue weighted by Crippen LogP contribution is 2.29. The van der Waals surface area contributed by atoms with Crippen LogP contribution < -0.4 is 14.8 Å². The summed E-state index contributed by atoms with van der Waals surface area (Å²) >= 11 is 5.96. The average molecular weight is 323 g/mol. The first kappa shape index (κ1) is 15.9. The summed E-state index contributed by atoms with van der Waals surface area (Å²) < 4.78 is 10.3. The van der Waals surface area contributed by atoms with Crippen LogP contribution >= 0.6 is 11.6 Å². The second kappa shape index (κ2) is 7.00. The zero-order chi connectivity index (χ0) is 16.1. The fourth-order valence-electron chi connectivity index (χ4n) is 1.86. The summed E-state index contributed by atoms with van der Waals surface area (Å²) in [6.45, 7) is 2.17. The Kier molecular flexibility index (Phi) is 5.06. The lowest BCUT2D eigenvalue weighted by molar-refractivity contribution is 0.102.